The molecule has 2 atom stereocenters. The van der Waals surface area contributed by atoms with Gasteiger partial charge in [0, 0.05) is 19.4 Å². The van der Waals surface area contributed by atoms with Crippen LogP contribution in [-0.4, -0.2) is 23.0 Å². The normalized spacial score (nSPS) is 13.4. The van der Waals surface area contributed by atoms with Gasteiger partial charge in [-0.3, -0.25) is 4.98 Å². The first-order valence-electron chi connectivity index (χ1n) is 7.99. The number of carbonyl (C=O) groups is 1. The van der Waals surface area contributed by atoms with Crippen LogP contribution in [0.4, 0.5) is 4.79 Å². The van der Waals surface area contributed by atoms with E-state index in [0.717, 1.165) is 11.1 Å². The van der Waals surface area contributed by atoms with Crippen molar-refractivity contribution in [3.8, 4) is 0 Å². The second-order valence-electron chi connectivity index (χ2n) is 6.15. The molecule has 0 aliphatic carbocycles. The number of hydrogen-bond donors (Lipinski definition) is 1. The van der Waals surface area contributed by atoms with Gasteiger partial charge in [0.25, 0.3) is 0 Å². The summed E-state index contributed by atoms with van der Waals surface area (Å²) >= 11 is 0. The van der Waals surface area contributed by atoms with Crippen molar-refractivity contribution in [2.75, 3.05) is 7.05 Å². The topological polar surface area (TPSA) is 45.2 Å². The maximum atomic E-state index is 12.6. The van der Waals surface area contributed by atoms with E-state index in [-0.39, 0.29) is 18.1 Å². The van der Waals surface area contributed by atoms with Gasteiger partial charge >= 0.3 is 6.03 Å². The summed E-state index contributed by atoms with van der Waals surface area (Å²) in [5, 5.41) is 3.15. The number of pyridine rings is 1. The fourth-order valence-corrected chi connectivity index (χ4v) is 2.57. The van der Waals surface area contributed by atoms with E-state index in [2.05, 4.69) is 36.3 Å². The van der Waals surface area contributed by atoms with Gasteiger partial charge in [-0.25, -0.2) is 4.79 Å². The molecule has 2 aromatic rings. The van der Waals surface area contributed by atoms with Crippen LogP contribution in [-0.2, 0) is 0 Å². The minimum Gasteiger partial charge on any atom is -0.331 e. The minimum absolute atomic E-state index is 0.00390. The number of aromatic nitrogens is 1. The zero-order chi connectivity index (χ0) is 16.8. The zero-order valence-electron chi connectivity index (χ0n) is 14.2. The summed E-state index contributed by atoms with van der Waals surface area (Å²) in [6, 6.07) is 13.9. The zero-order valence-corrected chi connectivity index (χ0v) is 14.2. The lowest BCUT2D eigenvalue weighted by atomic mass is 9.96. The van der Waals surface area contributed by atoms with Gasteiger partial charge in [0.05, 0.1) is 12.1 Å². The Morgan fingerprint density at radius 1 is 1.00 bits per heavy atom. The summed E-state index contributed by atoms with van der Waals surface area (Å²) in [5.41, 5.74) is 2.19. The van der Waals surface area contributed by atoms with E-state index in [4.69, 9.17) is 0 Å². The van der Waals surface area contributed by atoms with Crippen LogP contribution in [0.2, 0.25) is 0 Å². The predicted octanol–water partition coefficient (Wildman–Crippen LogP) is 4.18. The minimum atomic E-state index is -0.0723. The number of nitrogens with zero attached hydrogens (tertiary/aromatic N) is 2. The molecule has 2 amide bonds. The first-order chi connectivity index (χ1) is 11.0. The number of urea groups is 1. The molecule has 0 fully saturated rings. The largest absolute Gasteiger partial charge is 0.331 e. The first kappa shape index (κ1) is 17.0. The average molecular weight is 311 g/mol. The number of benzene rings is 1. The van der Waals surface area contributed by atoms with Gasteiger partial charge in [0.2, 0.25) is 0 Å². The Balaban J connectivity index is 2.10. The summed E-state index contributed by atoms with van der Waals surface area (Å²) in [6.07, 6.45) is 3.50. The number of amides is 2. The highest BCUT2D eigenvalue weighted by Gasteiger charge is 2.23. The Hall–Kier alpha value is -2.36. The highest BCUT2D eigenvalue weighted by molar-refractivity contribution is 5.75. The van der Waals surface area contributed by atoms with Crippen molar-refractivity contribution in [2.24, 2.45) is 5.92 Å². The summed E-state index contributed by atoms with van der Waals surface area (Å²) < 4.78 is 0. The second-order valence-corrected chi connectivity index (χ2v) is 6.15. The standard InChI is InChI=1S/C19H25N3O/c1-14(2)18(17-8-6-5-7-9-17)21-19(23)22(4)15(3)16-10-12-20-13-11-16/h5-15,18H,1-4H3,(H,21,23). The number of rotatable bonds is 5. The van der Waals surface area contributed by atoms with Gasteiger partial charge in [-0.05, 0) is 36.1 Å². The lowest BCUT2D eigenvalue weighted by molar-refractivity contribution is 0.186. The van der Waals surface area contributed by atoms with Crippen LogP contribution in [0.25, 0.3) is 0 Å². The molecule has 0 bridgehead atoms. The maximum Gasteiger partial charge on any atom is 0.318 e. The van der Waals surface area contributed by atoms with Crippen molar-refractivity contribution in [3.63, 3.8) is 0 Å². The monoisotopic (exact) mass is 311 g/mol. The summed E-state index contributed by atoms with van der Waals surface area (Å²) in [4.78, 5) is 18.4. The van der Waals surface area contributed by atoms with E-state index in [9.17, 15) is 4.79 Å². The van der Waals surface area contributed by atoms with E-state index < -0.39 is 0 Å². The molecule has 122 valence electrons. The molecule has 4 nitrogen and oxygen atoms in total. The fraction of sp³-hybridized carbons (Fsp3) is 0.368. The summed E-state index contributed by atoms with van der Waals surface area (Å²) in [5.74, 6) is 0.311. The third kappa shape index (κ3) is 4.31. The Labute approximate surface area is 138 Å². The van der Waals surface area contributed by atoms with Crippen LogP contribution < -0.4 is 5.32 Å². The van der Waals surface area contributed by atoms with E-state index >= 15 is 0 Å². The molecule has 1 aromatic carbocycles. The molecule has 23 heavy (non-hydrogen) atoms. The van der Waals surface area contributed by atoms with Crippen LogP contribution in [0.5, 0.6) is 0 Å². The molecule has 0 radical (unpaired) electrons. The summed E-state index contributed by atoms with van der Waals surface area (Å²) in [7, 11) is 1.82. The van der Waals surface area contributed by atoms with Crippen molar-refractivity contribution in [1.82, 2.24) is 15.2 Å². The second kappa shape index (κ2) is 7.77. The molecule has 1 heterocycles. The SMILES string of the molecule is CC(C)C(NC(=O)N(C)C(C)c1ccncc1)c1ccccc1. The predicted molar refractivity (Wildman–Crippen MR) is 93.0 cm³/mol. The molecule has 0 spiro atoms. The molecular formula is C19H25N3O. The van der Waals surface area contributed by atoms with Crippen LogP contribution in [0.3, 0.4) is 0 Å². The smallest absolute Gasteiger partial charge is 0.318 e. The third-order valence-electron chi connectivity index (χ3n) is 4.19. The van der Waals surface area contributed by atoms with E-state index in [0.29, 0.717) is 5.92 Å². The van der Waals surface area contributed by atoms with Gasteiger partial charge in [0.1, 0.15) is 0 Å². The maximum absolute atomic E-state index is 12.6. The van der Waals surface area contributed by atoms with Crippen molar-refractivity contribution in [1.29, 1.82) is 0 Å². The lowest BCUT2D eigenvalue weighted by Crippen LogP contribution is -2.42. The van der Waals surface area contributed by atoms with Gasteiger partial charge < -0.3 is 10.2 Å². The molecular weight excluding hydrogens is 286 g/mol. The molecule has 0 saturated carbocycles. The van der Waals surface area contributed by atoms with Crippen LogP contribution in [0.15, 0.2) is 54.9 Å². The van der Waals surface area contributed by atoms with Gasteiger partial charge in [-0.1, -0.05) is 44.2 Å². The molecule has 2 unspecified atom stereocenters. The molecule has 0 saturated heterocycles. The average Bonchev–Trinajstić information content (AvgIpc) is 2.59. The molecule has 0 aliphatic rings. The summed E-state index contributed by atoms with van der Waals surface area (Å²) in [6.45, 7) is 6.25. The van der Waals surface area contributed by atoms with Gasteiger partial charge in [0.15, 0.2) is 0 Å². The highest BCUT2D eigenvalue weighted by Crippen LogP contribution is 2.23. The van der Waals surface area contributed by atoms with Gasteiger partial charge in [-0.2, -0.15) is 0 Å². The Morgan fingerprint density at radius 2 is 1.61 bits per heavy atom. The number of carbonyl (C=O) groups excluding carboxylic acids is 1. The van der Waals surface area contributed by atoms with Crippen LogP contribution in [0, 0.1) is 5.92 Å². The molecule has 0 aliphatic heterocycles. The Bertz CT molecular complexity index is 613. The number of hydrogen-bond acceptors (Lipinski definition) is 2. The molecule has 4 heteroatoms. The lowest BCUT2D eigenvalue weighted by Gasteiger charge is -2.30. The van der Waals surface area contributed by atoms with Crippen molar-refractivity contribution >= 4 is 6.03 Å². The van der Waals surface area contributed by atoms with Crippen molar-refractivity contribution in [3.05, 3.63) is 66.0 Å². The molecule has 2 rings (SSSR count). The van der Waals surface area contributed by atoms with E-state index in [1.807, 2.05) is 44.3 Å². The first-order valence-corrected chi connectivity index (χ1v) is 7.99. The van der Waals surface area contributed by atoms with Crippen molar-refractivity contribution < 1.29 is 4.79 Å². The van der Waals surface area contributed by atoms with Crippen molar-refractivity contribution in [2.45, 2.75) is 32.9 Å². The molecule has 1 aromatic heterocycles. The van der Waals surface area contributed by atoms with Crippen LogP contribution >= 0.6 is 0 Å². The number of nitrogens with one attached hydrogen (secondary N) is 1. The highest BCUT2D eigenvalue weighted by atomic mass is 16.2. The Kier molecular flexibility index (Phi) is 5.74. The van der Waals surface area contributed by atoms with Crippen LogP contribution in [0.1, 0.15) is 44.0 Å². The fourth-order valence-electron chi connectivity index (χ4n) is 2.57. The molecule has 1 N–H and O–H groups in total. The third-order valence-corrected chi connectivity index (χ3v) is 4.19. The van der Waals surface area contributed by atoms with E-state index in [1.54, 1.807) is 17.3 Å². The van der Waals surface area contributed by atoms with Gasteiger partial charge in [-0.15, -0.1) is 0 Å². The van der Waals surface area contributed by atoms with E-state index in [1.165, 1.54) is 0 Å². The Morgan fingerprint density at radius 3 is 2.17 bits per heavy atom. The quantitative estimate of drug-likeness (QED) is 0.900.